The summed E-state index contributed by atoms with van der Waals surface area (Å²) in [6.07, 6.45) is 0.685. The van der Waals surface area contributed by atoms with Gasteiger partial charge in [0.1, 0.15) is 0 Å². The maximum Gasteiger partial charge on any atom is 0.310 e. The Morgan fingerprint density at radius 3 is 2.81 bits per heavy atom. The third-order valence-electron chi connectivity index (χ3n) is 3.85. The molecular formula is C16H23NO4. The number of aliphatic hydroxyl groups is 1. The molecule has 1 aliphatic heterocycles. The molecule has 116 valence electrons. The van der Waals surface area contributed by atoms with E-state index in [1.807, 2.05) is 30.3 Å². The van der Waals surface area contributed by atoms with Gasteiger partial charge >= 0.3 is 5.97 Å². The lowest BCUT2D eigenvalue weighted by Crippen LogP contribution is -2.46. The molecule has 1 heterocycles. The van der Waals surface area contributed by atoms with E-state index in [1.165, 1.54) is 0 Å². The molecule has 1 saturated heterocycles. The molecule has 1 aliphatic rings. The van der Waals surface area contributed by atoms with Crippen LogP contribution >= 0.6 is 0 Å². The van der Waals surface area contributed by atoms with Crippen LogP contribution in [0.4, 0.5) is 0 Å². The first kappa shape index (κ1) is 15.9. The number of carboxylic acid groups (broad SMARTS) is 1. The second-order valence-corrected chi connectivity index (χ2v) is 5.49. The lowest BCUT2D eigenvalue weighted by atomic mass is 9.95. The van der Waals surface area contributed by atoms with Crippen LogP contribution in [-0.4, -0.2) is 53.4 Å². The number of benzene rings is 1. The molecule has 0 saturated carbocycles. The summed E-state index contributed by atoms with van der Waals surface area (Å²) < 4.78 is 5.61. The average Bonchev–Trinajstić information content (AvgIpc) is 2.49. The summed E-state index contributed by atoms with van der Waals surface area (Å²) in [7, 11) is 0. The number of hydrogen-bond donors (Lipinski definition) is 2. The minimum Gasteiger partial charge on any atom is -0.481 e. The highest BCUT2D eigenvalue weighted by Crippen LogP contribution is 2.17. The van der Waals surface area contributed by atoms with Gasteiger partial charge in [0.25, 0.3) is 0 Å². The Morgan fingerprint density at radius 2 is 2.10 bits per heavy atom. The number of ether oxygens (including phenoxy) is 1. The Hall–Kier alpha value is -1.43. The van der Waals surface area contributed by atoms with E-state index in [1.54, 1.807) is 0 Å². The predicted octanol–water partition coefficient (Wildman–Crippen LogP) is 1.36. The maximum atomic E-state index is 11.0. The summed E-state index contributed by atoms with van der Waals surface area (Å²) in [4.78, 5) is 13.1. The molecule has 0 unspecified atom stereocenters. The minimum absolute atomic E-state index is 0.426. The van der Waals surface area contributed by atoms with Gasteiger partial charge in [-0.1, -0.05) is 30.3 Å². The van der Waals surface area contributed by atoms with Crippen molar-refractivity contribution in [2.75, 3.05) is 26.2 Å². The topological polar surface area (TPSA) is 70.0 Å². The van der Waals surface area contributed by atoms with E-state index in [0.717, 1.165) is 25.1 Å². The van der Waals surface area contributed by atoms with Crippen LogP contribution in [-0.2, 0) is 16.1 Å². The standard InChI is InChI=1S/C16H23NO4/c18-15-7-9-17(11-14(15)16(19)20)8-4-10-21-12-13-5-2-1-3-6-13/h1-3,5-6,14-15,18H,4,7-12H2,(H,19,20)/t14-,15+/m0/s1. The first-order valence-corrected chi connectivity index (χ1v) is 7.41. The van der Waals surface area contributed by atoms with Crippen molar-refractivity contribution in [2.24, 2.45) is 5.92 Å². The van der Waals surface area contributed by atoms with Gasteiger partial charge in [-0.2, -0.15) is 0 Å². The highest BCUT2D eigenvalue weighted by molar-refractivity contribution is 5.71. The fourth-order valence-electron chi connectivity index (χ4n) is 2.61. The number of aliphatic hydroxyl groups excluding tert-OH is 1. The number of carboxylic acids is 1. The third-order valence-corrected chi connectivity index (χ3v) is 3.85. The molecule has 0 aromatic heterocycles. The van der Waals surface area contributed by atoms with Gasteiger partial charge in [-0.3, -0.25) is 4.79 Å². The molecule has 2 rings (SSSR count). The van der Waals surface area contributed by atoms with Crippen LogP contribution in [0.5, 0.6) is 0 Å². The van der Waals surface area contributed by atoms with Crippen molar-refractivity contribution in [1.29, 1.82) is 0 Å². The van der Waals surface area contributed by atoms with Crippen molar-refractivity contribution >= 4 is 5.97 Å². The summed E-state index contributed by atoms with van der Waals surface area (Å²) >= 11 is 0. The Kier molecular flexibility index (Phi) is 6.17. The first-order valence-electron chi connectivity index (χ1n) is 7.41. The van der Waals surface area contributed by atoms with Gasteiger partial charge in [-0.05, 0) is 18.4 Å². The summed E-state index contributed by atoms with van der Waals surface area (Å²) in [5.41, 5.74) is 1.16. The van der Waals surface area contributed by atoms with Gasteiger partial charge < -0.3 is 19.8 Å². The lowest BCUT2D eigenvalue weighted by molar-refractivity contribution is -0.148. The zero-order valence-electron chi connectivity index (χ0n) is 12.1. The van der Waals surface area contributed by atoms with Crippen LogP contribution in [0.15, 0.2) is 30.3 Å². The molecule has 1 aromatic carbocycles. The molecule has 1 aromatic rings. The fourth-order valence-corrected chi connectivity index (χ4v) is 2.61. The van der Waals surface area contributed by atoms with E-state index in [0.29, 0.717) is 26.2 Å². The number of piperidine rings is 1. The van der Waals surface area contributed by atoms with Gasteiger partial charge in [-0.25, -0.2) is 0 Å². The Balaban J connectivity index is 1.61. The zero-order valence-corrected chi connectivity index (χ0v) is 12.1. The molecule has 0 aliphatic carbocycles. The smallest absolute Gasteiger partial charge is 0.310 e. The van der Waals surface area contributed by atoms with Crippen molar-refractivity contribution < 1.29 is 19.7 Å². The number of carbonyl (C=O) groups is 1. The van der Waals surface area contributed by atoms with E-state index in [-0.39, 0.29) is 0 Å². The zero-order chi connectivity index (χ0) is 15.1. The molecule has 5 heteroatoms. The monoisotopic (exact) mass is 293 g/mol. The van der Waals surface area contributed by atoms with Gasteiger partial charge in [0, 0.05) is 26.2 Å². The predicted molar refractivity (Wildman–Crippen MR) is 78.9 cm³/mol. The fraction of sp³-hybridized carbons (Fsp3) is 0.562. The minimum atomic E-state index is -0.910. The summed E-state index contributed by atoms with van der Waals surface area (Å²) in [5.74, 6) is -1.57. The summed E-state index contributed by atoms with van der Waals surface area (Å²) in [6.45, 7) is 3.26. The Bertz CT molecular complexity index is 437. The van der Waals surface area contributed by atoms with Gasteiger partial charge in [-0.15, -0.1) is 0 Å². The molecule has 0 spiro atoms. The SMILES string of the molecule is O=C(O)[C@H]1CN(CCCOCc2ccccc2)CC[C@H]1O. The number of aliphatic carboxylic acids is 1. The van der Waals surface area contributed by atoms with Gasteiger partial charge in [0.05, 0.1) is 18.6 Å². The molecular weight excluding hydrogens is 270 g/mol. The molecule has 0 radical (unpaired) electrons. The molecule has 0 amide bonds. The average molecular weight is 293 g/mol. The normalized spacial score (nSPS) is 23.1. The number of hydrogen-bond acceptors (Lipinski definition) is 4. The molecule has 5 nitrogen and oxygen atoms in total. The maximum absolute atomic E-state index is 11.0. The van der Waals surface area contributed by atoms with E-state index in [2.05, 4.69) is 4.90 Å². The quantitative estimate of drug-likeness (QED) is 0.743. The second-order valence-electron chi connectivity index (χ2n) is 5.49. The Labute approximate surface area is 125 Å². The van der Waals surface area contributed by atoms with Crippen LogP contribution in [0.2, 0.25) is 0 Å². The second kappa shape index (κ2) is 8.12. The van der Waals surface area contributed by atoms with Crippen LogP contribution in [0.25, 0.3) is 0 Å². The highest BCUT2D eigenvalue weighted by Gasteiger charge is 2.32. The number of rotatable bonds is 7. The molecule has 2 atom stereocenters. The van der Waals surface area contributed by atoms with E-state index in [9.17, 15) is 9.90 Å². The molecule has 1 fully saturated rings. The van der Waals surface area contributed by atoms with Crippen LogP contribution in [0, 0.1) is 5.92 Å². The molecule has 0 bridgehead atoms. The van der Waals surface area contributed by atoms with Gasteiger partial charge in [0.2, 0.25) is 0 Å². The van der Waals surface area contributed by atoms with E-state index >= 15 is 0 Å². The summed E-state index contributed by atoms with van der Waals surface area (Å²) in [6, 6.07) is 10.0. The van der Waals surface area contributed by atoms with Crippen molar-refractivity contribution in [3.63, 3.8) is 0 Å². The number of likely N-dealkylation sites (tertiary alicyclic amines) is 1. The van der Waals surface area contributed by atoms with Crippen molar-refractivity contribution in [2.45, 2.75) is 25.6 Å². The lowest BCUT2D eigenvalue weighted by Gasteiger charge is -2.33. The van der Waals surface area contributed by atoms with Crippen molar-refractivity contribution in [1.82, 2.24) is 4.90 Å². The van der Waals surface area contributed by atoms with Gasteiger partial charge in [0.15, 0.2) is 0 Å². The van der Waals surface area contributed by atoms with E-state index < -0.39 is 18.0 Å². The summed E-state index contributed by atoms with van der Waals surface area (Å²) in [5, 5.41) is 18.7. The first-order chi connectivity index (χ1) is 10.2. The van der Waals surface area contributed by atoms with Crippen LogP contribution in [0.3, 0.4) is 0 Å². The van der Waals surface area contributed by atoms with Crippen molar-refractivity contribution in [3.05, 3.63) is 35.9 Å². The number of nitrogens with zero attached hydrogens (tertiary/aromatic N) is 1. The highest BCUT2D eigenvalue weighted by atomic mass is 16.5. The largest absolute Gasteiger partial charge is 0.481 e. The third kappa shape index (κ3) is 5.12. The molecule has 2 N–H and O–H groups in total. The molecule has 21 heavy (non-hydrogen) atoms. The van der Waals surface area contributed by atoms with Crippen LogP contribution < -0.4 is 0 Å². The van der Waals surface area contributed by atoms with E-state index in [4.69, 9.17) is 9.84 Å². The van der Waals surface area contributed by atoms with Crippen LogP contribution in [0.1, 0.15) is 18.4 Å². The Morgan fingerprint density at radius 1 is 1.33 bits per heavy atom. The van der Waals surface area contributed by atoms with Crippen molar-refractivity contribution in [3.8, 4) is 0 Å².